The second kappa shape index (κ2) is 5.84. The van der Waals surface area contributed by atoms with Crippen molar-refractivity contribution >= 4 is 27.2 Å². The number of hydrogen-bond donors (Lipinski definition) is 1. The number of thiocarbonyl (C=S) groups is 1. The van der Waals surface area contributed by atoms with E-state index in [9.17, 15) is 8.42 Å². The fourth-order valence-electron chi connectivity index (χ4n) is 2.98. The van der Waals surface area contributed by atoms with Crippen LogP contribution in [0.2, 0.25) is 0 Å². The Balaban J connectivity index is 2.06. The van der Waals surface area contributed by atoms with E-state index in [1.54, 1.807) is 4.31 Å². The first-order chi connectivity index (χ1) is 8.51. The van der Waals surface area contributed by atoms with Crippen LogP contribution in [0.25, 0.3) is 0 Å². The van der Waals surface area contributed by atoms with Gasteiger partial charge in [-0.05, 0) is 25.7 Å². The molecule has 1 saturated heterocycles. The molecule has 1 heterocycles. The standard InChI is InChI=1S/C12H22N2O2S2/c13-12(17)10-5-4-8-14(9-10)18(15,16)11-6-2-1-3-7-11/h10-11H,1-9H2,(H2,13,17). The first-order valence-corrected chi connectivity index (χ1v) is 8.71. The molecule has 1 saturated carbocycles. The number of piperidine rings is 1. The normalized spacial score (nSPS) is 28.1. The summed E-state index contributed by atoms with van der Waals surface area (Å²) < 4.78 is 26.7. The summed E-state index contributed by atoms with van der Waals surface area (Å²) in [7, 11) is -3.13. The Morgan fingerprint density at radius 1 is 1.11 bits per heavy atom. The van der Waals surface area contributed by atoms with Crippen LogP contribution in [0.4, 0.5) is 0 Å². The van der Waals surface area contributed by atoms with Gasteiger partial charge in [0.2, 0.25) is 10.0 Å². The van der Waals surface area contributed by atoms with Gasteiger partial charge in [-0.1, -0.05) is 31.5 Å². The molecule has 2 N–H and O–H groups in total. The Hall–Kier alpha value is -0.200. The van der Waals surface area contributed by atoms with E-state index in [1.807, 2.05) is 0 Å². The van der Waals surface area contributed by atoms with Gasteiger partial charge in [-0.25, -0.2) is 12.7 Å². The van der Waals surface area contributed by atoms with E-state index in [2.05, 4.69) is 0 Å². The number of nitrogens with zero attached hydrogens (tertiary/aromatic N) is 1. The molecule has 0 bridgehead atoms. The lowest BCUT2D eigenvalue weighted by atomic mass is 10.00. The number of rotatable bonds is 3. The maximum absolute atomic E-state index is 12.6. The van der Waals surface area contributed by atoms with Gasteiger partial charge in [-0.2, -0.15) is 0 Å². The molecule has 0 amide bonds. The van der Waals surface area contributed by atoms with Crippen LogP contribution in [0.5, 0.6) is 0 Å². The Morgan fingerprint density at radius 3 is 2.39 bits per heavy atom. The van der Waals surface area contributed by atoms with E-state index >= 15 is 0 Å². The molecule has 0 spiro atoms. The minimum absolute atomic E-state index is 0.0621. The Bertz CT molecular complexity index is 402. The lowest BCUT2D eigenvalue weighted by Gasteiger charge is -2.35. The summed E-state index contributed by atoms with van der Waals surface area (Å²) in [5.41, 5.74) is 5.66. The zero-order valence-corrected chi connectivity index (χ0v) is 12.3. The third-order valence-corrected chi connectivity index (χ3v) is 6.82. The SMILES string of the molecule is NC(=S)C1CCCN(S(=O)(=O)C2CCCCC2)C1. The average molecular weight is 290 g/mol. The summed E-state index contributed by atoms with van der Waals surface area (Å²) in [6.07, 6.45) is 6.67. The average Bonchev–Trinajstić information content (AvgIpc) is 2.40. The van der Waals surface area contributed by atoms with E-state index in [1.165, 1.54) is 6.42 Å². The van der Waals surface area contributed by atoms with Gasteiger partial charge in [0.15, 0.2) is 0 Å². The van der Waals surface area contributed by atoms with E-state index in [-0.39, 0.29) is 11.2 Å². The zero-order chi connectivity index (χ0) is 13.2. The van der Waals surface area contributed by atoms with Gasteiger partial charge in [-0.15, -0.1) is 0 Å². The molecule has 0 aromatic carbocycles. The molecule has 4 nitrogen and oxygen atoms in total. The third-order valence-electron chi connectivity index (χ3n) is 4.12. The van der Waals surface area contributed by atoms with Crippen LogP contribution in [0.15, 0.2) is 0 Å². The molecule has 18 heavy (non-hydrogen) atoms. The Morgan fingerprint density at radius 2 is 1.78 bits per heavy atom. The van der Waals surface area contributed by atoms with E-state index in [0.717, 1.165) is 38.5 Å². The molecular formula is C12H22N2O2S2. The molecule has 2 aliphatic rings. The molecule has 1 atom stereocenters. The van der Waals surface area contributed by atoms with Crippen LogP contribution >= 0.6 is 12.2 Å². The highest BCUT2D eigenvalue weighted by Crippen LogP contribution is 2.29. The predicted octanol–water partition coefficient (Wildman–Crippen LogP) is 1.65. The minimum atomic E-state index is -3.13. The second-order valence-electron chi connectivity index (χ2n) is 5.40. The van der Waals surface area contributed by atoms with Crippen LogP contribution in [-0.2, 0) is 10.0 Å². The first-order valence-electron chi connectivity index (χ1n) is 6.80. The molecular weight excluding hydrogens is 268 g/mol. The molecule has 1 aliphatic carbocycles. The van der Waals surface area contributed by atoms with E-state index in [0.29, 0.717) is 18.1 Å². The van der Waals surface area contributed by atoms with E-state index in [4.69, 9.17) is 18.0 Å². The maximum Gasteiger partial charge on any atom is 0.217 e. The highest BCUT2D eigenvalue weighted by atomic mass is 32.2. The number of sulfonamides is 1. The summed E-state index contributed by atoms with van der Waals surface area (Å²) in [6, 6.07) is 0. The summed E-state index contributed by atoms with van der Waals surface area (Å²) >= 11 is 5.00. The van der Waals surface area contributed by atoms with Crippen molar-refractivity contribution in [3.63, 3.8) is 0 Å². The van der Waals surface area contributed by atoms with Gasteiger partial charge in [0.1, 0.15) is 0 Å². The van der Waals surface area contributed by atoms with Gasteiger partial charge in [0, 0.05) is 19.0 Å². The van der Waals surface area contributed by atoms with Gasteiger partial charge >= 0.3 is 0 Å². The molecule has 1 unspecified atom stereocenters. The highest BCUT2D eigenvalue weighted by molar-refractivity contribution is 7.89. The van der Waals surface area contributed by atoms with Gasteiger partial charge in [0.25, 0.3) is 0 Å². The Kier molecular flexibility index (Phi) is 4.61. The second-order valence-corrected chi connectivity index (χ2v) is 8.09. The van der Waals surface area contributed by atoms with Crippen LogP contribution in [-0.4, -0.2) is 36.1 Å². The van der Waals surface area contributed by atoms with Crippen LogP contribution in [0.1, 0.15) is 44.9 Å². The number of nitrogens with two attached hydrogens (primary N) is 1. The largest absolute Gasteiger partial charge is 0.393 e. The van der Waals surface area contributed by atoms with Crippen molar-refractivity contribution in [3.05, 3.63) is 0 Å². The minimum Gasteiger partial charge on any atom is -0.393 e. The van der Waals surface area contributed by atoms with Gasteiger partial charge in [0.05, 0.1) is 10.2 Å². The van der Waals surface area contributed by atoms with Crippen molar-refractivity contribution in [3.8, 4) is 0 Å². The van der Waals surface area contributed by atoms with Gasteiger partial charge in [-0.3, -0.25) is 0 Å². The summed E-state index contributed by atoms with van der Waals surface area (Å²) in [5, 5.41) is -0.170. The van der Waals surface area contributed by atoms with Crippen molar-refractivity contribution < 1.29 is 8.42 Å². The molecule has 1 aliphatic heterocycles. The highest BCUT2D eigenvalue weighted by Gasteiger charge is 2.36. The van der Waals surface area contributed by atoms with Crippen molar-refractivity contribution in [2.45, 2.75) is 50.2 Å². The zero-order valence-electron chi connectivity index (χ0n) is 10.7. The van der Waals surface area contributed by atoms with Crippen molar-refractivity contribution in [2.75, 3.05) is 13.1 Å². The fourth-order valence-corrected chi connectivity index (χ4v) is 5.29. The van der Waals surface area contributed by atoms with E-state index < -0.39 is 10.0 Å². The smallest absolute Gasteiger partial charge is 0.217 e. The van der Waals surface area contributed by atoms with Crippen molar-refractivity contribution in [1.82, 2.24) is 4.31 Å². The summed E-state index contributed by atoms with van der Waals surface area (Å²) in [6.45, 7) is 1.13. The third kappa shape index (κ3) is 3.03. The maximum atomic E-state index is 12.6. The van der Waals surface area contributed by atoms with Crippen LogP contribution < -0.4 is 5.73 Å². The molecule has 6 heteroatoms. The molecule has 2 fully saturated rings. The Labute approximate surface area is 115 Å². The molecule has 0 radical (unpaired) electrons. The molecule has 0 aromatic rings. The molecule has 2 rings (SSSR count). The van der Waals surface area contributed by atoms with Crippen molar-refractivity contribution in [2.24, 2.45) is 11.7 Å². The monoisotopic (exact) mass is 290 g/mol. The molecule has 0 aromatic heterocycles. The van der Waals surface area contributed by atoms with Crippen molar-refractivity contribution in [1.29, 1.82) is 0 Å². The summed E-state index contributed by atoms with van der Waals surface area (Å²) in [5.74, 6) is 0.0621. The lowest BCUT2D eigenvalue weighted by Crippen LogP contribution is -2.47. The number of hydrogen-bond acceptors (Lipinski definition) is 3. The molecule has 104 valence electrons. The predicted molar refractivity (Wildman–Crippen MR) is 76.9 cm³/mol. The van der Waals surface area contributed by atoms with Crippen LogP contribution in [0, 0.1) is 5.92 Å². The quantitative estimate of drug-likeness (QED) is 0.803. The summed E-state index contributed by atoms with van der Waals surface area (Å²) in [4.78, 5) is 0.457. The van der Waals surface area contributed by atoms with Crippen LogP contribution in [0.3, 0.4) is 0 Å². The first kappa shape index (κ1) is 14.2. The topological polar surface area (TPSA) is 63.4 Å². The fraction of sp³-hybridized carbons (Fsp3) is 0.917. The van der Waals surface area contributed by atoms with Gasteiger partial charge < -0.3 is 5.73 Å². The lowest BCUT2D eigenvalue weighted by molar-refractivity contribution is 0.304.